The number of carbonyl (C=O) groups excluding carboxylic acids is 1. The lowest BCUT2D eigenvalue weighted by molar-refractivity contribution is 0.0206. The molecular weight excluding hydrogens is 398 g/mol. The van der Waals surface area contributed by atoms with E-state index in [9.17, 15) is 19.8 Å². The van der Waals surface area contributed by atoms with E-state index in [0.717, 1.165) is 5.56 Å². The molecule has 0 radical (unpaired) electrons. The van der Waals surface area contributed by atoms with Crippen LogP contribution in [0.3, 0.4) is 0 Å². The van der Waals surface area contributed by atoms with E-state index in [2.05, 4.69) is 5.32 Å². The van der Waals surface area contributed by atoms with Crippen LogP contribution >= 0.6 is 0 Å². The van der Waals surface area contributed by atoms with Gasteiger partial charge in [0.15, 0.2) is 0 Å². The van der Waals surface area contributed by atoms with Gasteiger partial charge < -0.3 is 25.0 Å². The molecule has 0 aliphatic heterocycles. The SMILES string of the molecule is CC(C)(C)OC(=O)Oc1cccc(-c2ccc(C(=O)O)c(Nc3cccc(O)c3)c2)c1. The van der Waals surface area contributed by atoms with Gasteiger partial charge in [-0.2, -0.15) is 0 Å². The molecule has 0 heterocycles. The highest BCUT2D eigenvalue weighted by atomic mass is 16.7. The summed E-state index contributed by atoms with van der Waals surface area (Å²) in [5, 5.41) is 22.2. The minimum atomic E-state index is -1.09. The molecule has 0 fully saturated rings. The van der Waals surface area contributed by atoms with Crippen LogP contribution in [0, 0.1) is 0 Å². The molecule has 3 rings (SSSR count). The normalized spacial score (nSPS) is 10.9. The first-order valence-corrected chi connectivity index (χ1v) is 9.55. The Morgan fingerprint density at radius 1 is 0.903 bits per heavy atom. The van der Waals surface area contributed by atoms with Crippen molar-refractivity contribution in [2.75, 3.05) is 5.32 Å². The largest absolute Gasteiger partial charge is 0.514 e. The van der Waals surface area contributed by atoms with Crippen LogP contribution < -0.4 is 10.1 Å². The molecule has 7 nitrogen and oxygen atoms in total. The summed E-state index contributed by atoms with van der Waals surface area (Å²) in [6.45, 7) is 5.24. The second kappa shape index (κ2) is 8.79. The standard InChI is InChI=1S/C24H23NO6/c1-24(2,3)31-23(29)30-19-9-4-6-15(12-19)16-10-11-20(22(27)28)21(13-16)25-17-7-5-8-18(26)14-17/h4-14,25-26H,1-3H3,(H,27,28). The monoisotopic (exact) mass is 421 g/mol. The molecule has 0 saturated heterocycles. The first-order chi connectivity index (χ1) is 14.6. The molecule has 0 saturated carbocycles. The van der Waals surface area contributed by atoms with Gasteiger partial charge in [-0.05, 0) is 68.3 Å². The Morgan fingerprint density at radius 2 is 1.61 bits per heavy atom. The van der Waals surface area contributed by atoms with E-state index in [1.165, 1.54) is 18.2 Å². The van der Waals surface area contributed by atoms with E-state index in [1.54, 1.807) is 63.2 Å². The molecule has 0 bridgehead atoms. The topological polar surface area (TPSA) is 105 Å². The molecule has 3 aromatic carbocycles. The third-order valence-corrected chi connectivity index (χ3v) is 4.13. The smallest absolute Gasteiger partial charge is 0.508 e. The molecular formula is C24H23NO6. The predicted molar refractivity (Wildman–Crippen MR) is 117 cm³/mol. The molecule has 0 amide bonds. The van der Waals surface area contributed by atoms with Crippen molar-refractivity contribution >= 4 is 23.5 Å². The number of hydrogen-bond acceptors (Lipinski definition) is 6. The second-order valence-electron chi connectivity index (χ2n) is 7.84. The molecule has 0 unspecified atom stereocenters. The number of carboxylic acids is 1. The molecule has 3 N–H and O–H groups in total. The molecule has 31 heavy (non-hydrogen) atoms. The maximum absolute atomic E-state index is 11.9. The van der Waals surface area contributed by atoms with Crippen molar-refractivity contribution in [1.29, 1.82) is 0 Å². The molecule has 7 heteroatoms. The summed E-state index contributed by atoms with van der Waals surface area (Å²) < 4.78 is 10.4. The van der Waals surface area contributed by atoms with Crippen LogP contribution in [0.1, 0.15) is 31.1 Å². The van der Waals surface area contributed by atoms with Gasteiger partial charge in [0.1, 0.15) is 17.1 Å². The van der Waals surface area contributed by atoms with E-state index < -0.39 is 17.7 Å². The number of ether oxygens (including phenoxy) is 2. The van der Waals surface area contributed by atoms with Crippen molar-refractivity contribution in [3.63, 3.8) is 0 Å². The van der Waals surface area contributed by atoms with Crippen molar-refractivity contribution in [2.24, 2.45) is 0 Å². The highest BCUT2D eigenvalue weighted by Gasteiger charge is 2.18. The lowest BCUT2D eigenvalue weighted by Gasteiger charge is -2.18. The Hall–Kier alpha value is -4.00. The minimum Gasteiger partial charge on any atom is -0.508 e. The molecule has 0 aliphatic carbocycles. The third kappa shape index (κ3) is 5.99. The minimum absolute atomic E-state index is 0.0602. The van der Waals surface area contributed by atoms with Crippen LogP contribution in [0.25, 0.3) is 11.1 Å². The van der Waals surface area contributed by atoms with Crippen molar-refractivity contribution in [3.8, 4) is 22.6 Å². The van der Waals surface area contributed by atoms with Crippen LogP contribution in [0.15, 0.2) is 66.7 Å². The summed E-state index contributed by atoms with van der Waals surface area (Å²) in [7, 11) is 0. The number of hydrogen-bond donors (Lipinski definition) is 3. The summed E-state index contributed by atoms with van der Waals surface area (Å²) >= 11 is 0. The van der Waals surface area contributed by atoms with Crippen LogP contribution in [-0.4, -0.2) is 27.9 Å². The second-order valence-corrected chi connectivity index (χ2v) is 7.84. The number of aromatic carboxylic acids is 1. The zero-order chi connectivity index (χ0) is 22.6. The van der Waals surface area contributed by atoms with Crippen molar-refractivity contribution < 1.29 is 29.3 Å². The van der Waals surface area contributed by atoms with Crippen LogP contribution in [0.2, 0.25) is 0 Å². The number of carbonyl (C=O) groups is 2. The number of benzene rings is 3. The van der Waals surface area contributed by atoms with Gasteiger partial charge in [0.05, 0.1) is 11.3 Å². The zero-order valence-electron chi connectivity index (χ0n) is 17.4. The maximum Gasteiger partial charge on any atom is 0.514 e. The van der Waals surface area contributed by atoms with E-state index in [-0.39, 0.29) is 11.3 Å². The van der Waals surface area contributed by atoms with Crippen molar-refractivity contribution in [2.45, 2.75) is 26.4 Å². The van der Waals surface area contributed by atoms with Gasteiger partial charge in [-0.1, -0.05) is 24.3 Å². The van der Waals surface area contributed by atoms with E-state index in [1.807, 2.05) is 6.07 Å². The van der Waals surface area contributed by atoms with Gasteiger partial charge in [0, 0.05) is 11.8 Å². The highest BCUT2D eigenvalue weighted by Crippen LogP contribution is 2.31. The molecule has 0 spiro atoms. The molecule has 0 aliphatic rings. The highest BCUT2D eigenvalue weighted by molar-refractivity contribution is 5.96. The fourth-order valence-electron chi connectivity index (χ4n) is 2.86. The van der Waals surface area contributed by atoms with Crippen molar-refractivity contribution in [1.82, 2.24) is 0 Å². The van der Waals surface area contributed by atoms with Gasteiger partial charge in [0.2, 0.25) is 0 Å². The number of carboxylic acid groups (broad SMARTS) is 1. The summed E-state index contributed by atoms with van der Waals surface area (Å²) in [6, 6.07) is 18.1. The van der Waals surface area contributed by atoms with Gasteiger partial charge in [-0.15, -0.1) is 0 Å². The Balaban J connectivity index is 1.91. The van der Waals surface area contributed by atoms with Crippen LogP contribution in [-0.2, 0) is 4.74 Å². The van der Waals surface area contributed by atoms with Gasteiger partial charge in [-0.25, -0.2) is 9.59 Å². The lowest BCUT2D eigenvalue weighted by Crippen LogP contribution is -2.25. The molecule has 3 aromatic rings. The van der Waals surface area contributed by atoms with E-state index in [0.29, 0.717) is 22.7 Å². The summed E-state index contributed by atoms with van der Waals surface area (Å²) in [4.78, 5) is 23.6. The summed E-state index contributed by atoms with van der Waals surface area (Å²) in [5.41, 5.74) is 1.73. The summed E-state index contributed by atoms with van der Waals surface area (Å²) in [6.07, 6.45) is -0.808. The van der Waals surface area contributed by atoms with Crippen molar-refractivity contribution in [3.05, 3.63) is 72.3 Å². The average Bonchev–Trinajstić information content (AvgIpc) is 2.66. The van der Waals surface area contributed by atoms with E-state index >= 15 is 0 Å². The Labute approximate surface area is 179 Å². The van der Waals surface area contributed by atoms with Gasteiger partial charge in [0.25, 0.3) is 0 Å². The number of rotatable bonds is 5. The average molecular weight is 421 g/mol. The first kappa shape index (κ1) is 21.7. The summed E-state index contributed by atoms with van der Waals surface area (Å²) in [5.74, 6) is -0.724. The number of nitrogens with one attached hydrogen (secondary N) is 1. The number of anilines is 2. The maximum atomic E-state index is 11.9. The molecule has 0 atom stereocenters. The fraction of sp³-hybridized carbons (Fsp3) is 0.167. The first-order valence-electron chi connectivity index (χ1n) is 9.55. The molecule has 0 aromatic heterocycles. The van der Waals surface area contributed by atoms with Crippen LogP contribution in [0.5, 0.6) is 11.5 Å². The van der Waals surface area contributed by atoms with Gasteiger partial charge in [-0.3, -0.25) is 0 Å². The quantitative estimate of drug-likeness (QED) is 0.352. The fourth-order valence-corrected chi connectivity index (χ4v) is 2.86. The number of aromatic hydroxyl groups is 1. The van der Waals surface area contributed by atoms with Gasteiger partial charge >= 0.3 is 12.1 Å². The third-order valence-electron chi connectivity index (χ3n) is 4.13. The van der Waals surface area contributed by atoms with Crippen LogP contribution in [0.4, 0.5) is 16.2 Å². The zero-order valence-corrected chi connectivity index (χ0v) is 17.4. The number of phenols is 1. The number of phenolic OH excluding ortho intramolecular Hbond substituents is 1. The Bertz CT molecular complexity index is 1120. The Morgan fingerprint density at radius 3 is 2.29 bits per heavy atom. The predicted octanol–water partition coefficient (Wildman–Crippen LogP) is 5.81. The van der Waals surface area contributed by atoms with E-state index in [4.69, 9.17) is 9.47 Å². The lowest BCUT2D eigenvalue weighted by atomic mass is 10.0. The Kier molecular flexibility index (Phi) is 6.15. The molecule has 160 valence electrons.